The average molecular weight is 330 g/mol. The lowest BCUT2D eigenvalue weighted by atomic mass is 9.71. The van der Waals surface area contributed by atoms with Gasteiger partial charge in [-0.15, -0.1) is 0 Å². The summed E-state index contributed by atoms with van der Waals surface area (Å²) in [6.45, 7) is 6.41. The molecule has 0 aliphatic carbocycles. The molecule has 3 rings (SSSR count). The molecule has 1 atom stereocenters. The summed E-state index contributed by atoms with van der Waals surface area (Å²) in [5, 5.41) is 9.63. The van der Waals surface area contributed by atoms with Crippen molar-refractivity contribution in [1.29, 1.82) is 0 Å². The summed E-state index contributed by atoms with van der Waals surface area (Å²) in [5.74, 6) is -0.673. The van der Waals surface area contributed by atoms with Gasteiger partial charge in [-0.05, 0) is 30.4 Å². The zero-order valence-corrected chi connectivity index (χ0v) is 14.2. The lowest BCUT2D eigenvalue weighted by Crippen LogP contribution is -2.61. The van der Waals surface area contributed by atoms with Crippen LogP contribution in [0.2, 0.25) is 0 Å². The Morgan fingerprint density at radius 1 is 1.17 bits per heavy atom. The molecule has 0 saturated carbocycles. The quantitative estimate of drug-likeness (QED) is 0.846. The number of likely N-dealkylation sites (tertiary alicyclic amines) is 1. The van der Waals surface area contributed by atoms with E-state index in [1.807, 2.05) is 20.8 Å². The van der Waals surface area contributed by atoms with Crippen LogP contribution in [0, 0.1) is 5.41 Å². The molecule has 2 heterocycles. The van der Waals surface area contributed by atoms with E-state index in [9.17, 15) is 19.5 Å². The van der Waals surface area contributed by atoms with Gasteiger partial charge in [0.2, 0.25) is 0 Å². The highest BCUT2D eigenvalue weighted by Crippen LogP contribution is 2.45. The van der Waals surface area contributed by atoms with Gasteiger partial charge in [-0.3, -0.25) is 14.5 Å². The van der Waals surface area contributed by atoms with E-state index < -0.39 is 17.0 Å². The molecule has 128 valence electrons. The smallest absolute Gasteiger partial charge is 0.407 e. The molecule has 0 aromatic heterocycles. The normalized spacial score (nSPS) is 23.8. The molecule has 1 aromatic rings. The minimum absolute atomic E-state index is 0.0924. The molecule has 3 amide bonds. The molecule has 0 spiro atoms. The molecule has 1 aromatic carbocycles. The minimum Gasteiger partial charge on any atom is -0.465 e. The summed E-state index contributed by atoms with van der Waals surface area (Å²) >= 11 is 0. The summed E-state index contributed by atoms with van der Waals surface area (Å²) in [6.07, 6.45) is 0.363. The topological polar surface area (TPSA) is 77.9 Å². The molecule has 24 heavy (non-hydrogen) atoms. The van der Waals surface area contributed by atoms with Crippen molar-refractivity contribution in [1.82, 2.24) is 9.80 Å². The first kappa shape index (κ1) is 16.5. The first-order valence-electron chi connectivity index (χ1n) is 8.15. The Hall–Kier alpha value is -2.37. The first-order chi connectivity index (χ1) is 11.2. The van der Waals surface area contributed by atoms with Crippen LogP contribution in [0.4, 0.5) is 4.79 Å². The van der Waals surface area contributed by atoms with Crippen LogP contribution in [-0.4, -0.2) is 51.4 Å². The maximum absolute atomic E-state index is 12.7. The van der Waals surface area contributed by atoms with Gasteiger partial charge in [-0.2, -0.15) is 0 Å². The van der Waals surface area contributed by atoms with E-state index in [0.29, 0.717) is 24.1 Å². The van der Waals surface area contributed by atoms with Crippen molar-refractivity contribution in [2.75, 3.05) is 13.1 Å². The SMILES string of the molecule is CC(C)(C)[C@]1(CN2C(=O)c3ccccc3C2=O)CCCN1C(=O)O. The minimum atomic E-state index is -1.00. The Kier molecular flexibility index (Phi) is 3.66. The number of imide groups is 1. The highest BCUT2D eigenvalue weighted by atomic mass is 16.4. The molecule has 6 nitrogen and oxygen atoms in total. The number of benzene rings is 1. The fourth-order valence-corrected chi connectivity index (χ4v) is 3.98. The van der Waals surface area contributed by atoms with Gasteiger partial charge in [0.25, 0.3) is 11.8 Å². The van der Waals surface area contributed by atoms with Crippen molar-refractivity contribution >= 4 is 17.9 Å². The van der Waals surface area contributed by atoms with Gasteiger partial charge in [0.15, 0.2) is 0 Å². The number of hydrogen-bond donors (Lipinski definition) is 1. The van der Waals surface area contributed by atoms with Crippen molar-refractivity contribution in [3.8, 4) is 0 Å². The molecule has 6 heteroatoms. The number of carboxylic acid groups (broad SMARTS) is 1. The third-order valence-electron chi connectivity index (χ3n) is 5.41. The Balaban J connectivity index is 2.00. The number of rotatable bonds is 2. The van der Waals surface area contributed by atoms with E-state index in [1.54, 1.807) is 24.3 Å². The second kappa shape index (κ2) is 5.33. The second-order valence-corrected chi connectivity index (χ2v) is 7.56. The highest BCUT2D eigenvalue weighted by Gasteiger charge is 2.54. The number of carbonyl (C=O) groups is 3. The fourth-order valence-electron chi connectivity index (χ4n) is 3.98. The lowest BCUT2D eigenvalue weighted by Gasteiger charge is -2.48. The molecular weight excluding hydrogens is 308 g/mol. The van der Waals surface area contributed by atoms with Gasteiger partial charge in [0.05, 0.1) is 23.2 Å². The molecule has 0 radical (unpaired) electrons. The van der Waals surface area contributed by atoms with Crippen molar-refractivity contribution in [2.24, 2.45) is 5.41 Å². The van der Waals surface area contributed by atoms with Crippen molar-refractivity contribution < 1.29 is 19.5 Å². The monoisotopic (exact) mass is 330 g/mol. The van der Waals surface area contributed by atoms with Crippen LogP contribution < -0.4 is 0 Å². The fraction of sp³-hybridized carbons (Fsp3) is 0.500. The zero-order chi connectivity index (χ0) is 17.7. The summed E-state index contributed by atoms with van der Waals surface area (Å²) in [5.41, 5.74) is -0.387. The van der Waals surface area contributed by atoms with Gasteiger partial charge in [0, 0.05) is 6.54 Å². The molecule has 1 saturated heterocycles. The Labute approximate surface area is 141 Å². The first-order valence-corrected chi connectivity index (χ1v) is 8.15. The van der Waals surface area contributed by atoms with E-state index in [4.69, 9.17) is 0 Å². The molecule has 2 aliphatic heterocycles. The Morgan fingerprint density at radius 2 is 1.71 bits per heavy atom. The van der Waals surface area contributed by atoms with Gasteiger partial charge < -0.3 is 10.0 Å². The third-order valence-corrected chi connectivity index (χ3v) is 5.41. The van der Waals surface area contributed by atoms with Crippen LogP contribution in [0.1, 0.15) is 54.3 Å². The maximum atomic E-state index is 12.7. The summed E-state index contributed by atoms with van der Waals surface area (Å²) < 4.78 is 0. The van der Waals surface area contributed by atoms with E-state index in [1.165, 1.54) is 9.80 Å². The predicted octanol–water partition coefficient (Wildman–Crippen LogP) is 2.84. The Morgan fingerprint density at radius 3 is 2.17 bits per heavy atom. The van der Waals surface area contributed by atoms with Crippen molar-refractivity contribution in [2.45, 2.75) is 39.2 Å². The van der Waals surface area contributed by atoms with Gasteiger partial charge in [-0.25, -0.2) is 4.79 Å². The number of carbonyl (C=O) groups excluding carboxylic acids is 2. The summed E-state index contributed by atoms with van der Waals surface area (Å²) in [7, 11) is 0. The van der Waals surface area contributed by atoms with Crippen molar-refractivity contribution in [3.63, 3.8) is 0 Å². The van der Waals surface area contributed by atoms with Crippen molar-refractivity contribution in [3.05, 3.63) is 35.4 Å². The average Bonchev–Trinajstić information content (AvgIpc) is 3.04. The van der Waals surface area contributed by atoms with Crippen LogP contribution in [-0.2, 0) is 0 Å². The highest BCUT2D eigenvalue weighted by molar-refractivity contribution is 6.21. The van der Waals surface area contributed by atoms with Gasteiger partial charge >= 0.3 is 6.09 Å². The zero-order valence-electron chi connectivity index (χ0n) is 14.2. The Bertz CT molecular complexity index is 687. The number of nitrogens with zero attached hydrogens (tertiary/aromatic N) is 2. The standard InChI is InChI=1S/C18H22N2O4/c1-17(2,3)18(9-6-10-20(18)16(23)24)11-19-14(21)12-7-4-5-8-13(12)15(19)22/h4-5,7-8H,6,9-11H2,1-3H3,(H,23,24)/t18-/m1/s1. The van der Waals surface area contributed by atoms with Crippen LogP contribution in [0.5, 0.6) is 0 Å². The second-order valence-electron chi connectivity index (χ2n) is 7.56. The molecule has 0 bridgehead atoms. The molecular formula is C18H22N2O4. The third kappa shape index (κ3) is 2.20. The number of amides is 3. The van der Waals surface area contributed by atoms with E-state index >= 15 is 0 Å². The van der Waals surface area contributed by atoms with Crippen LogP contribution in [0.3, 0.4) is 0 Å². The molecule has 0 unspecified atom stereocenters. The number of hydrogen-bond acceptors (Lipinski definition) is 3. The molecule has 1 N–H and O–H groups in total. The van der Waals surface area contributed by atoms with Gasteiger partial charge in [-0.1, -0.05) is 32.9 Å². The number of fused-ring (bicyclic) bond motifs is 1. The van der Waals surface area contributed by atoms with Crippen LogP contribution >= 0.6 is 0 Å². The largest absolute Gasteiger partial charge is 0.465 e. The maximum Gasteiger partial charge on any atom is 0.407 e. The van der Waals surface area contributed by atoms with E-state index in [2.05, 4.69) is 0 Å². The van der Waals surface area contributed by atoms with Gasteiger partial charge in [0.1, 0.15) is 0 Å². The summed E-state index contributed by atoms with van der Waals surface area (Å²) in [6, 6.07) is 6.74. The predicted molar refractivity (Wildman–Crippen MR) is 88.0 cm³/mol. The summed E-state index contributed by atoms with van der Waals surface area (Å²) in [4.78, 5) is 39.7. The molecule has 2 aliphatic rings. The molecule has 1 fully saturated rings. The van der Waals surface area contributed by atoms with Crippen LogP contribution in [0.25, 0.3) is 0 Å². The van der Waals surface area contributed by atoms with Crippen LogP contribution in [0.15, 0.2) is 24.3 Å². The van der Waals surface area contributed by atoms with E-state index in [0.717, 1.165) is 6.42 Å². The van der Waals surface area contributed by atoms with E-state index in [-0.39, 0.29) is 18.4 Å². The lowest BCUT2D eigenvalue weighted by molar-refractivity contribution is 0.00672.